The molecule has 0 bridgehead atoms. The third-order valence-electron chi connectivity index (χ3n) is 4.00. The van der Waals surface area contributed by atoms with E-state index in [9.17, 15) is 13.2 Å². The Balaban J connectivity index is 2.34. The van der Waals surface area contributed by atoms with Gasteiger partial charge in [-0.25, -0.2) is 13.2 Å². The molecule has 0 amide bonds. The highest BCUT2D eigenvalue weighted by atomic mass is 32.2. The second-order valence-electron chi connectivity index (χ2n) is 5.91. The zero-order valence-corrected chi connectivity index (χ0v) is 13.2. The number of aromatic carboxylic acids is 1. The van der Waals surface area contributed by atoms with Gasteiger partial charge in [-0.2, -0.15) is 4.31 Å². The van der Waals surface area contributed by atoms with Crippen LogP contribution in [0.3, 0.4) is 0 Å². The number of benzene rings is 1. The topological polar surface area (TPSA) is 77.9 Å². The van der Waals surface area contributed by atoms with Crippen LogP contribution in [-0.4, -0.2) is 60.9 Å². The number of nitrogens with zero attached hydrogens (tertiary/aromatic N) is 2. The summed E-state index contributed by atoms with van der Waals surface area (Å²) in [6.45, 7) is 5.40. The van der Waals surface area contributed by atoms with Crippen molar-refractivity contribution < 1.29 is 18.3 Å². The number of hydrogen-bond acceptors (Lipinski definition) is 4. The zero-order valence-electron chi connectivity index (χ0n) is 12.4. The Labute approximate surface area is 125 Å². The van der Waals surface area contributed by atoms with Crippen molar-refractivity contribution in [1.29, 1.82) is 0 Å². The van der Waals surface area contributed by atoms with Gasteiger partial charge in [-0.05, 0) is 39.1 Å². The quantitative estimate of drug-likeness (QED) is 0.904. The monoisotopic (exact) mass is 312 g/mol. The van der Waals surface area contributed by atoms with Crippen LogP contribution < -0.4 is 0 Å². The third kappa shape index (κ3) is 3.09. The predicted molar refractivity (Wildman–Crippen MR) is 78.9 cm³/mol. The summed E-state index contributed by atoms with van der Waals surface area (Å²) >= 11 is 0. The van der Waals surface area contributed by atoms with Gasteiger partial charge < -0.3 is 5.11 Å². The Hall–Kier alpha value is -1.44. The lowest BCUT2D eigenvalue weighted by atomic mass is 10.0. The van der Waals surface area contributed by atoms with E-state index < -0.39 is 16.0 Å². The average molecular weight is 312 g/mol. The normalized spacial score (nSPS) is 20.3. The highest BCUT2D eigenvalue weighted by Crippen LogP contribution is 2.25. The fourth-order valence-electron chi connectivity index (χ4n) is 2.34. The Kier molecular flexibility index (Phi) is 4.10. The van der Waals surface area contributed by atoms with Crippen molar-refractivity contribution in [3.63, 3.8) is 0 Å². The van der Waals surface area contributed by atoms with Gasteiger partial charge in [0.25, 0.3) is 0 Å². The van der Waals surface area contributed by atoms with Crippen LogP contribution in [0.4, 0.5) is 0 Å². The molecule has 1 aromatic carbocycles. The fourth-order valence-corrected chi connectivity index (χ4v) is 3.97. The SMILES string of the molecule is CN1CCN(S(=O)(=O)c2cccc(C(=O)O)c2)CC1(C)C. The molecule has 1 saturated heterocycles. The van der Waals surface area contributed by atoms with E-state index in [1.807, 2.05) is 20.9 Å². The van der Waals surface area contributed by atoms with Crippen molar-refractivity contribution in [1.82, 2.24) is 9.21 Å². The summed E-state index contributed by atoms with van der Waals surface area (Å²) in [5.74, 6) is -1.13. The number of sulfonamides is 1. The molecule has 0 unspecified atom stereocenters. The van der Waals surface area contributed by atoms with Gasteiger partial charge in [-0.15, -0.1) is 0 Å². The van der Waals surface area contributed by atoms with Crippen molar-refractivity contribution in [3.05, 3.63) is 29.8 Å². The molecule has 21 heavy (non-hydrogen) atoms. The molecule has 0 atom stereocenters. The lowest BCUT2D eigenvalue weighted by Gasteiger charge is -2.44. The summed E-state index contributed by atoms with van der Waals surface area (Å²) in [4.78, 5) is 13.1. The van der Waals surface area contributed by atoms with Crippen LogP contribution in [0, 0.1) is 0 Å². The minimum Gasteiger partial charge on any atom is -0.478 e. The van der Waals surface area contributed by atoms with E-state index in [0.717, 1.165) is 0 Å². The number of hydrogen-bond donors (Lipinski definition) is 1. The molecule has 1 aliphatic rings. The number of carboxylic acid groups (broad SMARTS) is 1. The first-order valence-corrected chi connectivity index (χ1v) is 8.13. The Morgan fingerprint density at radius 2 is 1.95 bits per heavy atom. The Bertz CT molecular complexity index is 655. The highest BCUT2D eigenvalue weighted by Gasteiger charge is 2.37. The molecule has 116 valence electrons. The molecule has 0 saturated carbocycles. The molecule has 6 nitrogen and oxygen atoms in total. The lowest BCUT2D eigenvalue weighted by molar-refractivity contribution is 0.0696. The summed E-state index contributed by atoms with van der Waals surface area (Å²) in [5, 5.41) is 8.99. The minimum atomic E-state index is -3.67. The van der Waals surface area contributed by atoms with Gasteiger partial charge in [0.15, 0.2) is 0 Å². The first-order chi connectivity index (χ1) is 9.64. The number of carboxylic acids is 1. The van der Waals surface area contributed by atoms with Crippen LogP contribution in [0.5, 0.6) is 0 Å². The van der Waals surface area contributed by atoms with Crippen LogP contribution in [0.25, 0.3) is 0 Å². The fraction of sp³-hybridized carbons (Fsp3) is 0.500. The number of likely N-dealkylation sites (N-methyl/N-ethyl adjacent to an activating group) is 1. The summed E-state index contributed by atoms with van der Waals surface area (Å²) in [6, 6.07) is 5.49. The van der Waals surface area contributed by atoms with E-state index in [2.05, 4.69) is 4.90 Å². The van der Waals surface area contributed by atoms with Gasteiger partial charge in [0.1, 0.15) is 0 Å². The molecule has 0 aliphatic carbocycles. The first-order valence-electron chi connectivity index (χ1n) is 6.69. The van der Waals surface area contributed by atoms with E-state index in [1.165, 1.54) is 28.6 Å². The second-order valence-corrected chi connectivity index (χ2v) is 7.84. The van der Waals surface area contributed by atoms with Crippen molar-refractivity contribution in [2.24, 2.45) is 0 Å². The van der Waals surface area contributed by atoms with Crippen molar-refractivity contribution in [2.75, 3.05) is 26.7 Å². The first kappa shape index (κ1) is 15.9. The molecular formula is C14H20N2O4S. The highest BCUT2D eigenvalue weighted by molar-refractivity contribution is 7.89. The summed E-state index contributed by atoms with van der Waals surface area (Å²) in [6.07, 6.45) is 0. The van der Waals surface area contributed by atoms with Gasteiger partial charge in [-0.3, -0.25) is 4.90 Å². The van der Waals surface area contributed by atoms with Crippen LogP contribution in [0.1, 0.15) is 24.2 Å². The van der Waals surface area contributed by atoms with Gasteiger partial charge in [0.2, 0.25) is 10.0 Å². The molecule has 7 heteroatoms. The van der Waals surface area contributed by atoms with Crippen LogP contribution in [0.15, 0.2) is 29.2 Å². The maximum Gasteiger partial charge on any atom is 0.335 e. The van der Waals surface area contributed by atoms with Crippen molar-refractivity contribution in [2.45, 2.75) is 24.3 Å². The molecule has 0 spiro atoms. The molecule has 2 rings (SSSR count). The van der Waals surface area contributed by atoms with E-state index in [-0.39, 0.29) is 16.0 Å². The number of rotatable bonds is 3. The van der Waals surface area contributed by atoms with E-state index in [4.69, 9.17) is 5.11 Å². The van der Waals surface area contributed by atoms with Gasteiger partial charge in [0, 0.05) is 25.2 Å². The molecule has 0 radical (unpaired) electrons. The molecule has 1 aromatic rings. The van der Waals surface area contributed by atoms with Crippen molar-refractivity contribution >= 4 is 16.0 Å². The molecule has 1 fully saturated rings. The van der Waals surface area contributed by atoms with Gasteiger partial charge >= 0.3 is 5.97 Å². The molecule has 1 N–H and O–H groups in total. The summed E-state index contributed by atoms with van der Waals surface area (Å²) in [5.41, 5.74) is -0.278. The van der Waals surface area contributed by atoms with Crippen molar-refractivity contribution in [3.8, 4) is 0 Å². The molecule has 1 aliphatic heterocycles. The summed E-state index contributed by atoms with van der Waals surface area (Å²) in [7, 11) is -1.70. The smallest absolute Gasteiger partial charge is 0.335 e. The van der Waals surface area contributed by atoms with Crippen LogP contribution in [0.2, 0.25) is 0 Å². The Morgan fingerprint density at radius 3 is 2.52 bits per heavy atom. The predicted octanol–water partition coefficient (Wildman–Crippen LogP) is 1.10. The minimum absolute atomic E-state index is 0.0236. The maximum atomic E-state index is 12.7. The summed E-state index contributed by atoms with van der Waals surface area (Å²) < 4.78 is 26.8. The molecule has 1 heterocycles. The number of carbonyl (C=O) groups is 1. The second kappa shape index (κ2) is 5.40. The van der Waals surface area contributed by atoms with Crippen LogP contribution in [-0.2, 0) is 10.0 Å². The zero-order chi connectivity index (χ0) is 15.8. The maximum absolute atomic E-state index is 12.7. The van der Waals surface area contributed by atoms with Crippen LogP contribution >= 0.6 is 0 Å². The largest absolute Gasteiger partial charge is 0.478 e. The molecule has 0 aromatic heterocycles. The number of piperazine rings is 1. The van der Waals surface area contributed by atoms with Gasteiger partial charge in [-0.1, -0.05) is 6.07 Å². The van der Waals surface area contributed by atoms with E-state index >= 15 is 0 Å². The molecular weight excluding hydrogens is 292 g/mol. The average Bonchev–Trinajstić information content (AvgIpc) is 2.41. The third-order valence-corrected chi connectivity index (χ3v) is 5.84. The van der Waals surface area contributed by atoms with E-state index in [0.29, 0.717) is 19.6 Å². The van der Waals surface area contributed by atoms with Gasteiger partial charge in [0.05, 0.1) is 10.5 Å². The van der Waals surface area contributed by atoms with E-state index in [1.54, 1.807) is 0 Å². The lowest BCUT2D eigenvalue weighted by Crippen LogP contribution is -2.58. The standard InChI is InChI=1S/C14H20N2O4S/c1-14(2)10-16(8-7-15(14)3)21(19,20)12-6-4-5-11(9-12)13(17)18/h4-6,9H,7-8,10H2,1-3H3,(H,17,18). The Morgan fingerprint density at radius 1 is 1.29 bits per heavy atom.